The highest BCUT2D eigenvalue weighted by atomic mass is 19.1. The van der Waals surface area contributed by atoms with Gasteiger partial charge in [-0.15, -0.1) is 0 Å². The lowest BCUT2D eigenvalue weighted by Gasteiger charge is -2.28. The van der Waals surface area contributed by atoms with Crippen molar-refractivity contribution in [3.63, 3.8) is 0 Å². The van der Waals surface area contributed by atoms with Gasteiger partial charge in [0.05, 0.1) is 6.04 Å². The second kappa shape index (κ2) is 5.88. The molecule has 1 saturated heterocycles. The van der Waals surface area contributed by atoms with E-state index in [-0.39, 0.29) is 17.8 Å². The van der Waals surface area contributed by atoms with Gasteiger partial charge in [-0.2, -0.15) is 4.98 Å². The van der Waals surface area contributed by atoms with E-state index in [0.29, 0.717) is 24.5 Å². The van der Waals surface area contributed by atoms with Crippen LogP contribution in [0.1, 0.15) is 31.4 Å². The van der Waals surface area contributed by atoms with Crippen molar-refractivity contribution in [1.29, 1.82) is 0 Å². The molecule has 1 fully saturated rings. The Morgan fingerprint density at radius 1 is 1.20 bits per heavy atom. The number of carbonyl (C=O) groups excluding carboxylic acids is 1. The van der Waals surface area contributed by atoms with Gasteiger partial charge in [0.1, 0.15) is 23.1 Å². The Kier molecular flexibility index (Phi) is 3.67. The average Bonchev–Trinajstić information content (AvgIpc) is 2.96. The molecule has 0 saturated carbocycles. The first-order valence-corrected chi connectivity index (χ1v) is 8.20. The first-order valence-electron chi connectivity index (χ1n) is 8.20. The maximum Gasteiger partial charge on any atom is 0.245 e. The number of pyridine rings is 1. The van der Waals surface area contributed by atoms with Gasteiger partial charge in [0.25, 0.3) is 0 Å². The van der Waals surface area contributed by atoms with E-state index in [0.717, 1.165) is 17.0 Å². The maximum atomic E-state index is 13.2. The highest BCUT2D eigenvalue weighted by Gasteiger charge is 2.35. The fraction of sp³-hybridized carbons (Fsp3) is 0.263. The number of anilines is 2. The van der Waals surface area contributed by atoms with Gasteiger partial charge in [0.15, 0.2) is 0 Å². The molecule has 0 spiro atoms. The molecule has 1 atom stereocenters. The Bertz CT molecular complexity index is 863. The van der Waals surface area contributed by atoms with E-state index in [1.54, 1.807) is 17.0 Å². The van der Waals surface area contributed by atoms with Gasteiger partial charge < -0.3 is 9.64 Å². The third-order valence-electron chi connectivity index (χ3n) is 4.55. The van der Waals surface area contributed by atoms with E-state index >= 15 is 0 Å². The first-order chi connectivity index (χ1) is 12.0. The minimum absolute atomic E-state index is 0.0122. The monoisotopic (exact) mass is 339 g/mol. The molecule has 4 rings (SSSR count). The van der Waals surface area contributed by atoms with Crippen LogP contribution in [0.3, 0.4) is 0 Å². The number of amides is 1. The SMILES string of the molecule is CC1=CN(C)c2ccc(N3C(=O)CCC3c3ccc(F)cc3)nc2O1. The van der Waals surface area contributed by atoms with Crippen molar-refractivity contribution in [2.45, 2.75) is 25.8 Å². The number of halogens is 1. The largest absolute Gasteiger partial charge is 0.440 e. The molecule has 6 heteroatoms. The predicted octanol–water partition coefficient (Wildman–Crippen LogP) is 3.78. The van der Waals surface area contributed by atoms with Crippen molar-refractivity contribution in [2.24, 2.45) is 0 Å². The molecule has 0 aliphatic carbocycles. The van der Waals surface area contributed by atoms with E-state index in [9.17, 15) is 9.18 Å². The summed E-state index contributed by atoms with van der Waals surface area (Å²) in [5.74, 6) is 1.50. The fourth-order valence-electron chi connectivity index (χ4n) is 3.39. The van der Waals surface area contributed by atoms with Gasteiger partial charge in [-0.3, -0.25) is 9.69 Å². The van der Waals surface area contributed by atoms with Gasteiger partial charge in [-0.1, -0.05) is 12.1 Å². The van der Waals surface area contributed by atoms with Gasteiger partial charge in [0, 0.05) is 19.7 Å². The summed E-state index contributed by atoms with van der Waals surface area (Å²) in [6.07, 6.45) is 3.01. The molecule has 3 heterocycles. The molecule has 1 unspecified atom stereocenters. The van der Waals surface area contributed by atoms with Crippen LogP contribution < -0.4 is 14.5 Å². The molecule has 1 amide bonds. The lowest BCUT2D eigenvalue weighted by atomic mass is 10.0. The number of ether oxygens (including phenoxy) is 1. The number of carbonyl (C=O) groups is 1. The van der Waals surface area contributed by atoms with Gasteiger partial charge in [0.2, 0.25) is 11.8 Å². The van der Waals surface area contributed by atoms with Gasteiger partial charge >= 0.3 is 0 Å². The van der Waals surface area contributed by atoms with Crippen molar-refractivity contribution >= 4 is 17.4 Å². The molecule has 2 aromatic rings. The van der Waals surface area contributed by atoms with Crippen molar-refractivity contribution in [3.8, 4) is 5.88 Å². The standard InChI is InChI=1S/C19H18FN3O2/c1-12-11-22(2)16-7-9-17(21-19(16)25-12)23-15(8-10-18(23)24)13-3-5-14(20)6-4-13/h3-7,9,11,15H,8,10H2,1-2H3. The molecule has 1 aromatic heterocycles. The number of benzene rings is 1. The van der Waals surface area contributed by atoms with Crippen molar-refractivity contribution < 1.29 is 13.9 Å². The summed E-state index contributed by atoms with van der Waals surface area (Å²) in [4.78, 5) is 20.7. The van der Waals surface area contributed by atoms with Gasteiger partial charge in [-0.25, -0.2) is 4.39 Å². The number of hydrogen-bond acceptors (Lipinski definition) is 4. The number of fused-ring (bicyclic) bond motifs is 1. The van der Waals surface area contributed by atoms with Crippen molar-refractivity contribution in [3.05, 3.63) is 59.7 Å². The smallest absolute Gasteiger partial charge is 0.245 e. The van der Waals surface area contributed by atoms with Crippen molar-refractivity contribution in [2.75, 3.05) is 16.8 Å². The van der Waals surface area contributed by atoms with E-state index in [1.165, 1.54) is 12.1 Å². The summed E-state index contributed by atoms with van der Waals surface area (Å²) in [5.41, 5.74) is 1.75. The number of rotatable bonds is 2. The second-order valence-electron chi connectivity index (χ2n) is 6.32. The summed E-state index contributed by atoms with van der Waals surface area (Å²) in [6, 6.07) is 9.87. The normalized spacial score (nSPS) is 19.6. The highest BCUT2D eigenvalue weighted by Crippen LogP contribution is 2.39. The van der Waals surface area contributed by atoms with E-state index in [4.69, 9.17) is 4.74 Å². The molecule has 2 aliphatic heterocycles. The van der Waals surface area contributed by atoms with Crippen molar-refractivity contribution in [1.82, 2.24) is 4.98 Å². The van der Waals surface area contributed by atoms with Crippen LogP contribution in [0.4, 0.5) is 15.9 Å². The van der Waals surface area contributed by atoms with Gasteiger partial charge in [-0.05, 0) is 43.2 Å². The first kappa shape index (κ1) is 15.6. The summed E-state index contributed by atoms with van der Waals surface area (Å²) in [5, 5.41) is 0. The number of hydrogen-bond donors (Lipinski definition) is 0. The Labute approximate surface area is 145 Å². The lowest BCUT2D eigenvalue weighted by Crippen LogP contribution is -2.28. The summed E-state index contributed by atoms with van der Waals surface area (Å²) < 4.78 is 18.9. The molecular formula is C19H18FN3O2. The Hall–Kier alpha value is -2.89. The second-order valence-corrected chi connectivity index (χ2v) is 6.32. The molecule has 0 N–H and O–H groups in total. The zero-order valence-corrected chi connectivity index (χ0v) is 14.1. The van der Waals surface area contributed by atoms with Crippen LogP contribution >= 0.6 is 0 Å². The maximum absolute atomic E-state index is 13.2. The molecule has 128 valence electrons. The quantitative estimate of drug-likeness (QED) is 0.835. The Morgan fingerprint density at radius 2 is 1.96 bits per heavy atom. The molecule has 25 heavy (non-hydrogen) atoms. The fourth-order valence-corrected chi connectivity index (χ4v) is 3.39. The zero-order valence-electron chi connectivity index (χ0n) is 14.1. The van der Waals surface area contributed by atoms with Crippen LogP contribution in [-0.2, 0) is 4.79 Å². The molecular weight excluding hydrogens is 321 g/mol. The molecule has 0 radical (unpaired) electrons. The number of nitrogens with zero attached hydrogens (tertiary/aromatic N) is 3. The Balaban J connectivity index is 1.71. The van der Waals surface area contributed by atoms with E-state index < -0.39 is 0 Å². The number of aromatic nitrogens is 1. The number of allylic oxidation sites excluding steroid dienone is 1. The minimum Gasteiger partial charge on any atom is -0.440 e. The minimum atomic E-state index is -0.287. The van der Waals surface area contributed by atoms with Crippen LogP contribution in [0, 0.1) is 5.82 Å². The van der Waals surface area contributed by atoms with Crippen LogP contribution in [0.2, 0.25) is 0 Å². The zero-order chi connectivity index (χ0) is 17.6. The Morgan fingerprint density at radius 3 is 2.72 bits per heavy atom. The molecule has 1 aromatic carbocycles. The molecule has 5 nitrogen and oxygen atoms in total. The third kappa shape index (κ3) is 2.73. The highest BCUT2D eigenvalue weighted by molar-refractivity contribution is 5.95. The summed E-state index contributed by atoms with van der Waals surface area (Å²) >= 11 is 0. The predicted molar refractivity (Wildman–Crippen MR) is 92.9 cm³/mol. The molecule has 2 aliphatic rings. The average molecular weight is 339 g/mol. The van der Waals surface area contributed by atoms with Crippen LogP contribution in [0.25, 0.3) is 0 Å². The lowest BCUT2D eigenvalue weighted by molar-refractivity contribution is -0.117. The third-order valence-corrected chi connectivity index (χ3v) is 4.55. The topological polar surface area (TPSA) is 45.7 Å². The summed E-state index contributed by atoms with van der Waals surface area (Å²) in [7, 11) is 1.93. The van der Waals surface area contributed by atoms with Crippen LogP contribution in [0.15, 0.2) is 48.4 Å². The van der Waals surface area contributed by atoms with E-state index in [1.807, 2.05) is 37.2 Å². The summed E-state index contributed by atoms with van der Waals surface area (Å²) in [6.45, 7) is 1.86. The van der Waals surface area contributed by atoms with Crippen LogP contribution in [0.5, 0.6) is 5.88 Å². The van der Waals surface area contributed by atoms with E-state index in [2.05, 4.69) is 4.98 Å². The van der Waals surface area contributed by atoms with Crippen LogP contribution in [-0.4, -0.2) is 17.9 Å². The molecule has 0 bridgehead atoms.